The number of nitrogens with zero attached hydrogens (tertiary/aromatic N) is 1. The molecule has 13 heavy (non-hydrogen) atoms. The van der Waals surface area contributed by atoms with Gasteiger partial charge in [-0.25, -0.2) is 0 Å². The van der Waals surface area contributed by atoms with Gasteiger partial charge in [0.2, 0.25) is 0 Å². The molecule has 0 aromatic heterocycles. The van der Waals surface area contributed by atoms with Crippen molar-refractivity contribution in [2.75, 3.05) is 13.1 Å². The molecule has 4 nitrogen and oxygen atoms in total. The molecule has 0 aromatic carbocycles. The Labute approximate surface area is 81.2 Å². The lowest BCUT2D eigenvalue weighted by Crippen LogP contribution is -2.27. The molecule has 0 aromatic rings. The van der Waals surface area contributed by atoms with E-state index in [1.54, 1.807) is 0 Å². The zero-order valence-corrected chi connectivity index (χ0v) is 8.48. The first-order valence-electron chi connectivity index (χ1n) is 4.07. The van der Waals surface area contributed by atoms with Crippen LogP contribution in [-0.4, -0.2) is 35.1 Å². The predicted molar refractivity (Wildman–Crippen MR) is 53.0 cm³/mol. The highest BCUT2D eigenvalue weighted by molar-refractivity contribution is 8.15. The standard InChI is InChI=1S/C8H12N2O2S/c1-5(11)7(6(2)12)13-8-9-3-4-10-8/h7H,3-4H2,1-2H3,(H,9,10). The highest BCUT2D eigenvalue weighted by Gasteiger charge is 2.23. The van der Waals surface area contributed by atoms with Gasteiger partial charge in [0, 0.05) is 6.54 Å². The van der Waals surface area contributed by atoms with Crippen molar-refractivity contribution in [2.24, 2.45) is 4.99 Å². The molecule has 0 saturated carbocycles. The molecule has 0 spiro atoms. The first kappa shape index (κ1) is 10.2. The minimum absolute atomic E-state index is 0.117. The largest absolute Gasteiger partial charge is 0.363 e. The van der Waals surface area contributed by atoms with Crippen LogP contribution >= 0.6 is 11.8 Å². The van der Waals surface area contributed by atoms with Gasteiger partial charge in [0.15, 0.2) is 16.7 Å². The van der Waals surface area contributed by atoms with Gasteiger partial charge in [0.1, 0.15) is 5.25 Å². The van der Waals surface area contributed by atoms with Gasteiger partial charge in [-0.2, -0.15) is 0 Å². The number of amidine groups is 1. The third kappa shape index (κ3) is 2.84. The summed E-state index contributed by atoms with van der Waals surface area (Å²) < 4.78 is 0. The molecule has 1 heterocycles. The maximum absolute atomic E-state index is 11.0. The molecule has 0 bridgehead atoms. The summed E-state index contributed by atoms with van der Waals surface area (Å²) in [5.74, 6) is -0.234. The van der Waals surface area contributed by atoms with Gasteiger partial charge in [-0.1, -0.05) is 11.8 Å². The summed E-state index contributed by atoms with van der Waals surface area (Å²) >= 11 is 1.21. The number of aliphatic imine (C=N–C) groups is 1. The molecule has 0 radical (unpaired) electrons. The van der Waals surface area contributed by atoms with Crippen molar-refractivity contribution >= 4 is 28.5 Å². The van der Waals surface area contributed by atoms with E-state index >= 15 is 0 Å². The number of hydrogen-bond acceptors (Lipinski definition) is 5. The van der Waals surface area contributed by atoms with Crippen LogP contribution in [0.25, 0.3) is 0 Å². The lowest BCUT2D eigenvalue weighted by Gasteiger charge is -2.08. The topological polar surface area (TPSA) is 58.5 Å². The van der Waals surface area contributed by atoms with E-state index in [0.717, 1.165) is 13.1 Å². The van der Waals surface area contributed by atoms with Crippen LogP contribution in [-0.2, 0) is 9.59 Å². The molecule has 1 N–H and O–H groups in total. The Kier molecular flexibility index (Phi) is 3.48. The molecule has 72 valence electrons. The molecule has 1 aliphatic rings. The Balaban J connectivity index is 2.57. The fraction of sp³-hybridized carbons (Fsp3) is 0.625. The number of carbonyl (C=O) groups excluding carboxylic acids is 2. The number of carbonyl (C=O) groups is 2. The highest BCUT2D eigenvalue weighted by atomic mass is 32.2. The molecule has 0 atom stereocenters. The van der Waals surface area contributed by atoms with Crippen LogP contribution in [0, 0.1) is 0 Å². The molecule has 0 aliphatic carbocycles. The van der Waals surface area contributed by atoms with Gasteiger partial charge in [0.25, 0.3) is 0 Å². The average molecular weight is 200 g/mol. The molecule has 1 rings (SSSR count). The maximum atomic E-state index is 11.0. The minimum atomic E-state index is -0.593. The predicted octanol–water partition coefficient (Wildman–Crippen LogP) is 0.225. The van der Waals surface area contributed by atoms with Gasteiger partial charge >= 0.3 is 0 Å². The monoisotopic (exact) mass is 200 g/mol. The van der Waals surface area contributed by atoms with E-state index in [1.807, 2.05) is 0 Å². The average Bonchev–Trinajstić information content (AvgIpc) is 2.50. The molecule has 0 saturated heterocycles. The summed E-state index contributed by atoms with van der Waals surface area (Å²) in [6.07, 6.45) is 0. The summed E-state index contributed by atoms with van der Waals surface area (Å²) in [6.45, 7) is 4.37. The van der Waals surface area contributed by atoms with Gasteiger partial charge in [-0.05, 0) is 13.8 Å². The third-order valence-electron chi connectivity index (χ3n) is 1.61. The number of nitrogens with one attached hydrogen (secondary N) is 1. The Hall–Kier alpha value is -0.840. The number of ketones is 2. The lowest BCUT2D eigenvalue weighted by atomic mass is 10.2. The van der Waals surface area contributed by atoms with Crippen LogP contribution in [0.4, 0.5) is 0 Å². The Morgan fingerprint density at radius 2 is 2.08 bits per heavy atom. The second kappa shape index (κ2) is 4.41. The van der Waals surface area contributed by atoms with Crippen molar-refractivity contribution in [3.8, 4) is 0 Å². The second-order valence-corrected chi connectivity index (χ2v) is 3.93. The van der Waals surface area contributed by atoms with Crippen LogP contribution in [0.1, 0.15) is 13.8 Å². The van der Waals surface area contributed by atoms with Crippen LogP contribution < -0.4 is 5.32 Å². The van der Waals surface area contributed by atoms with E-state index in [9.17, 15) is 9.59 Å². The SMILES string of the molecule is CC(=O)C(SC1=NCCN1)C(C)=O. The number of hydrogen-bond donors (Lipinski definition) is 1. The van der Waals surface area contributed by atoms with Crippen LogP contribution in [0.2, 0.25) is 0 Å². The van der Waals surface area contributed by atoms with E-state index in [1.165, 1.54) is 25.6 Å². The van der Waals surface area contributed by atoms with Gasteiger partial charge < -0.3 is 5.32 Å². The summed E-state index contributed by atoms with van der Waals surface area (Å²) in [5, 5.41) is 3.12. The van der Waals surface area contributed by atoms with Crippen molar-refractivity contribution < 1.29 is 9.59 Å². The quantitative estimate of drug-likeness (QED) is 0.662. The number of Topliss-reactive ketones (excluding diaryl/α,β-unsaturated/α-hetero) is 2. The van der Waals surface area contributed by atoms with E-state index in [2.05, 4.69) is 10.3 Å². The zero-order chi connectivity index (χ0) is 9.84. The van der Waals surface area contributed by atoms with Crippen molar-refractivity contribution in [3.05, 3.63) is 0 Å². The Bertz CT molecular complexity index is 249. The lowest BCUT2D eigenvalue weighted by molar-refractivity contribution is -0.123. The first-order chi connectivity index (χ1) is 6.11. The van der Waals surface area contributed by atoms with Gasteiger partial charge in [0.05, 0.1) is 6.54 Å². The van der Waals surface area contributed by atoms with Crippen molar-refractivity contribution in [2.45, 2.75) is 19.1 Å². The maximum Gasteiger partial charge on any atom is 0.157 e. The Morgan fingerprint density at radius 3 is 2.46 bits per heavy atom. The van der Waals surface area contributed by atoms with Crippen LogP contribution in [0.3, 0.4) is 0 Å². The molecule has 0 fully saturated rings. The van der Waals surface area contributed by atoms with Crippen LogP contribution in [0.5, 0.6) is 0 Å². The molecule has 0 unspecified atom stereocenters. The fourth-order valence-electron chi connectivity index (χ4n) is 1.02. The molecule has 5 heteroatoms. The summed E-state index contributed by atoms with van der Waals surface area (Å²) in [5.41, 5.74) is 0. The summed E-state index contributed by atoms with van der Waals surface area (Å²) in [4.78, 5) is 26.2. The third-order valence-corrected chi connectivity index (χ3v) is 3.01. The summed E-state index contributed by atoms with van der Waals surface area (Å²) in [6, 6.07) is 0. The molecule has 1 aliphatic heterocycles. The van der Waals surface area contributed by atoms with Crippen LogP contribution in [0.15, 0.2) is 4.99 Å². The molecular formula is C8H12N2O2S. The van der Waals surface area contributed by atoms with E-state index < -0.39 is 5.25 Å². The van der Waals surface area contributed by atoms with E-state index in [-0.39, 0.29) is 11.6 Å². The van der Waals surface area contributed by atoms with Crippen molar-refractivity contribution in [1.29, 1.82) is 0 Å². The van der Waals surface area contributed by atoms with E-state index in [4.69, 9.17) is 0 Å². The first-order valence-corrected chi connectivity index (χ1v) is 4.95. The van der Waals surface area contributed by atoms with E-state index in [0.29, 0.717) is 5.17 Å². The normalized spacial score (nSPS) is 15.5. The van der Waals surface area contributed by atoms with Gasteiger partial charge in [-0.15, -0.1) is 0 Å². The Morgan fingerprint density at radius 1 is 1.46 bits per heavy atom. The summed E-state index contributed by atoms with van der Waals surface area (Å²) in [7, 11) is 0. The number of rotatable bonds is 3. The second-order valence-electron chi connectivity index (χ2n) is 2.83. The highest BCUT2D eigenvalue weighted by Crippen LogP contribution is 2.15. The van der Waals surface area contributed by atoms with Crippen molar-refractivity contribution in [1.82, 2.24) is 5.32 Å². The molecular weight excluding hydrogens is 188 g/mol. The minimum Gasteiger partial charge on any atom is -0.363 e. The number of thioether (sulfide) groups is 1. The zero-order valence-electron chi connectivity index (χ0n) is 7.66. The van der Waals surface area contributed by atoms with Gasteiger partial charge in [-0.3, -0.25) is 14.6 Å². The fourth-order valence-corrected chi connectivity index (χ4v) is 1.93. The molecule has 0 amide bonds. The van der Waals surface area contributed by atoms with Crippen molar-refractivity contribution in [3.63, 3.8) is 0 Å². The smallest absolute Gasteiger partial charge is 0.157 e.